The number of methoxy groups -OCH3 is 4. The minimum atomic E-state index is -0.765. The normalized spacial score (nSPS) is 16.6. The second-order valence-corrected chi connectivity index (χ2v) is 9.61. The zero-order chi connectivity index (χ0) is 26.9. The molecule has 0 fully saturated rings. The average molecular weight is 569 g/mol. The summed E-state index contributed by atoms with van der Waals surface area (Å²) >= 11 is 3.47. The van der Waals surface area contributed by atoms with E-state index in [2.05, 4.69) is 21.2 Å². The lowest BCUT2D eigenvalue weighted by atomic mass is 9.79. The molecule has 4 rings (SSSR count). The molecule has 3 aromatic rings. The highest BCUT2D eigenvalue weighted by Crippen LogP contribution is 2.47. The molecular formula is C28H29BrN2O6. The van der Waals surface area contributed by atoms with Gasteiger partial charge in [0.1, 0.15) is 0 Å². The highest BCUT2D eigenvalue weighted by atomic mass is 79.9. The number of hydrogen-bond acceptors (Lipinski definition) is 6. The van der Waals surface area contributed by atoms with Crippen molar-refractivity contribution in [3.05, 3.63) is 75.3 Å². The molecule has 0 bridgehead atoms. The molecule has 2 atom stereocenters. The van der Waals surface area contributed by atoms with Gasteiger partial charge >= 0.3 is 0 Å². The second kappa shape index (κ2) is 10.7. The van der Waals surface area contributed by atoms with Crippen molar-refractivity contribution < 1.29 is 28.5 Å². The number of nitrogens with zero attached hydrogens (tertiary/aromatic N) is 1. The maximum atomic E-state index is 14.0. The fourth-order valence-electron chi connectivity index (χ4n) is 4.76. The molecule has 1 heterocycles. The minimum Gasteiger partial charge on any atom is -0.493 e. The van der Waals surface area contributed by atoms with E-state index in [1.807, 2.05) is 31.2 Å². The Hall–Kier alpha value is -3.72. The monoisotopic (exact) mass is 568 g/mol. The smallest absolute Gasteiger partial charge is 0.254 e. The third kappa shape index (κ3) is 4.83. The van der Waals surface area contributed by atoms with E-state index in [-0.39, 0.29) is 11.8 Å². The number of ether oxygens (including phenoxy) is 4. The highest BCUT2D eigenvalue weighted by molar-refractivity contribution is 9.10. The number of nitrogens with one attached hydrogen (secondary N) is 1. The van der Waals surface area contributed by atoms with Crippen molar-refractivity contribution in [1.29, 1.82) is 0 Å². The molecule has 0 saturated carbocycles. The van der Waals surface area contributed by atoms with Crippen molar-refractivity contribution >= 4 is 33.4 Å². The number of likely N-dealkylation sites (N-methyl/N-ethyl adjacent to an activating group) is 1. The standard InChI is InChI=1S/C28H29BrN2O6/c1-15-11-17(29)8-9-20(15)30-27(32)25-18-13-23(36-5)24(37-6)14-19(18)28(33)31(2)26(25)16-7-10-21(34-3)22(12-16)35-4/h7-14,25-26H,1-6H3,(H,30,32)/t25-,26+/m1/s1. The number of anilines is 1. The molecule has 37 heavy (non-hydrogen) atoms. The van der Waals surface area contributed by atoms with Crippen molar-refractivity contribution in [2.75, 3.05) is 40.8 Å². The summed E-state index contributed by atoms with van der Waals surface area (Å²) in [7, 11) is 7.82. The van der Waals surface area contributed by atoms with Crippen LogP contribution in [0, 0.1) is 6.92 Å². The molecule has 0 aliphatic carbocycles. The molecule has 194 valence electrons. The molecule has 3 aromatic carbocycles. The van der Waals surface area contributed by atoms with Gasteiger partial charge in [0, 0.05) is 22.8 Å². The van der Waals surface area contributed by atoms with Crippen LogP contribution in [-0.2, 0) is 4.79 Å². The van der Waals surface area contributed by atoms with Crippen LogP contribution in [-0.4, -0.2) is 52.2 Å². The van der Waals surface area contributed by atoms with Gasteiger partial charge in [-0.1, -0.05) is 22.0 Å². The first kappa shape index (κ1) is 26.3. The Morgan fingerprint density at radius 1 is 0.865 bits per heavy atom. The zero-order valence-corrected chi connectivity index (χ0v) is 23.1. The number of aryl methyl sites for hydroxylation is 1. The molecule has 8 nitrogen and oxygen atoms in total. The molecule has 0 saturated heterocycles. The van der Waals surface area contributed by atoms with E-state index >= 15 is 0 Å². The van der Waals surface area contributed by atoms with Gasteiger partial charge in [-0.2, -0.15) is 0 Å². The molecule has 1 aliphatic heterocycles. The van der Waals surface area contributed by atoms with Crippen LogP contribution < -0.4 is 24.3 Å². The predicted octanol–water partition coefficient (Wildman–Crippen LogP) is 5.34. The summed E-state index contributed by atoms with van der Waals surface area (Å²) in [5, 5.41) is 3.07. The van der Waals surface area contributed by atoms with E-state index in [9.17, 15) is 9.59 Å². The van der Waals surface area contributed by atoms with E-state index in [1.165, 1.54) is 14.2 Å². The van der Waals surface area contributed by atoms with Crippen LogP contribution in [0.4, 0.5) is 5.69 Å². The third-order valence-corrected chi connectivity index (χ3v) is 7.15. The Labute approximate surface area is 224 Å². The molecule has 1 aliphatic rings. The summed E-state index contributed by atoms with van der Waals surface area (Å²) in [5.41, 5.74) is 3.23. The van der Waals surface area contributed by atoms with Crippen molar-refractivity contribution in [3.8, 4) is 23.0 Å². The molecule has 2 amide bonds. The second-order valence-electron chi connectivity index (χ2n) is 8.70. The van der Waals surface area contributed by atoms with Crippen LogP contribution >= 0.6 is 15.9 Å². The molecule has 0 aromatic heterocycles. The van der Waals surface area contributed by atoms with Gasteiger partial charge in [0.15, 0.2) is 23.0 Å². The van der Waals surface area contributed by atoms with Crippen LogP contribution in [0.5, 0.6) is 23.0 Å². The highest BCUT2D eigenvalue weighted by Gasteiger charge is 2.44. The first-order valence-electron chi connectivity index (χ1n) is 11.6. The first-order chi connectivity index (χ1) is 17.7. The lowest BCUT2D eigenvalue weighted by molar-refractivity contribution is -0.119. The predicted molar refractivity (Wildman–Crippen MR) is 144 cm³/mol. The number of amides is 2. The van der Waals surface area contributed by atoms with Crippen LogP contribution in [0.25, 0.3) is 0 Å². The van der Waals surface area contributed by atoms with Gasteiger partial charge in [-0.05, 0) is 66.1 Å². The maximum absolute atomic E-state index is 14.0. The summed E-state index contributed by atoms with van der Waals surface area (Å²) < 4.78 is 22.8. The number of rotatable bonds is 7. The van der Waals surface area contributed by atoms with Crippen molar-refractivity contribution in [2.45, 2.75) is 18.9 Å². The van der Waals surface area contributed by atoms with Crippen molar-refractivity contribution in [1.82, 2.24) is 4.90 Å². The fraction of sp³-hybridized carbons (Fsp3) is 0.286. The summed E-state index contributed by atoms with van der Waals surface area (Å²) in [6.07, 6.45) is 0. The lowest BCUT2D eigenvalue weighted by Gasteiger charge is -2.40. The quantitative estimate of drug-likeness (QED) is 0.414. The Bertz CT molecular complexity index is 1360. The topological polar surface area (TPSA) is 86.3 Å². The van der Waals surface area contributed by atoms with E-state index in [4.69, 9.17) is 18.9 Å². The van der Waals surface area contributed by atoms with Crippen LogP contribution in [0.1, 0.15) is 39.0 Å². The van der Waals surface area contributed by atoms with Gasteiger partial charge in [-0.25, -0.2) is 0 Å². The van der Waals surface area contributed by atoms with Gasteiger partial charge in [0.2, 0.25) is 5.91 Å². The van der Waals surface area contributed by atoms with Crippen molar-refractivity contribution in [3.63, 3.8) is 0 Å². The van der Waals surface area contributed by atoms with E-state index < -0.39 is 12.0 Å². The summed E-state index contributed by atoms with van der Waals surface area (Å²) in [5.74, 6) is 0.630. The van der Waals surface area contributed by atoms with Crippen molar-refractivity contribution in [2.24, 2.45) is 0 Å². The largest absolute Gasteiger partial charge is 0.493 e. The van der Waals surface area contributed by atoms with Gasteiger partial charge in [0.05, 0.1) is 40.4 Å². The summed E-state index contributed by atoms with van der Waals surface area (Å²) in [6.45, 7) is 1.92. The minimum absolute atomic E-state index is 0.236. The Balaban J connectivity index is 1.91. The summed E-state index contributed by atoms with van der Waals surface area (Å²) in [6, 6.07) is 13.8. The average Bonchev–Trinajstić information content (AvgIpc) is 2.90. The number of halogens is 1. The van der Waals surface area contributed by atoms with E-state index in [0.29, 0.717) is 39.8 Å². The fourth-order valence-corrected chi connectivity index (χ4v) is 5.24. The molecule has 1 N–H and O–H groups in total. The molecular weight excluding hydrogens is 540 g/mol. The third-order valence-electron chi connectivity index (χ3n) is 6.65. The molecule has 0 unspecified atom stereocenters. The molecule has 0 radical (unpaired) electrons. The number of carbonyl (C=O) groups excluding carboxylic acids is 2. The zero-order valence-electron chi connectivity index (χ0n) is 21.5. The van der Waals surface area contributed by atoms with Crippen LogP contribution in [0.15, 0.2) is 53.0 Å². The number of carbonyl (C=O) groups is 2. The van der Waals surface area contributed by atoms with Gasteiger partial charge < -0.3 is 29.2 Å². The lowest BCUT2D eigenvalue weighted by Crippen LogP contribution is -2.44. The van der Waals surface area contributed by atoms with Crippen LogP contribution in [0.2, 0.25) is 0 Å². The number of hydrogen-bond donors (Lipinski definition) is 1. The molecule has 9 heteroatoms. The van der Waals surface area contributed by atoms with E-state index in [1.54, 1.807) is 50.4 Å². The van der Waals surface area contributed by atoms with Crippen LogP contribution in [0.3, 0.4) is 0 Å². The Kier molecular flexibility index (Phi) is 7.63. The Morgan fingerprint density at radius 3 is 2.11 bits per heavy atom. The first-order valence-corrected chi connectivity index (χ1v) is 12.3. The summed E-state index contributed by atoms with van der Waals surface area (Å²) in [4.78, 5) is 29.2. The van der Waals surface area contributed by atoms with Gasteiger partial charge in [-0.3, -0.25) is 9.59 Å². The van der Waals surface area contributed by atoms with E-state index in [0.717, 1.165) is 15.6 Å². The number of benzene rings is 3. The molecule has 0 spiro atoms. The maximum Gasteiger partial charge on any atom is 0.254 e. The van der Waals surface area contributed by atoms with Gasteiger partial charge in [0.25, 0.3) is 5.91 Å². The van der Waals surface area contributed by atoms with Gasteiger partial charge in [-0.15, -0.1) is 0 Å². The number of fused-ring (bicyclic) bond motifs is 1. The SMILES string of the molecule is COc1ccc([C@H]2[C@H](C(=O)Nc3ccc(Br)cc3C)c3cc(OC)c(OC)cc3C(=O)N2C)cc1OC. The Morgan fingerprint density at radius 2 is 1.49 bits per heavy atom.